The van der Waals surface area contributed by atoms with Crippen molar-refractivity contribution in [1.29, 1.82) is 0 Å². The summed E-state index contributed by atoms with van der Waals surface area (Å²) in [7, 11) is 2.19. The van der Waals surface area contributed by atoms with Crippen LogP contribution in [0, 0.1) is 13.8 Å². The molecule has 0 spiro atoms. The molecular formula is C31H31N2+. The zero-order valence-corrected chi connectivity index (χ0v) is 20.1. The van der Waals surface area contributed by atoms with Crippen molar-refractivity contribution < 1.29 is 4.57 Å². The van der Waals surface area contributed by atoms with Crippen LogP contribution in [0.2, 0.25) is 0 Å². The minimum Gasteiger partial charge on any atom is -0.225 e. The maximum Gasteiger partial charge on any atom is 0.295 e. The van der Waals surface area contributed by atoms with Crippen molar-refractivity contribution >= 4 is 11.0 Å². The van der Waals surface area contributed by atoms with Crippen molar-refractivity contribution in [3.8, 4) is 28.2 Å². The highest BCUT2D eigenvalue weighted by atomic mass is 15.2. The van der Waals surface area contributed by atoms with Gasteiger partial charge in [0.05, 0.1) is 12.6 Å². The number of fused-ring (bicyclic) bond motifs is 1. The predicted molar refractivity (Wildman–Crippen MR) is 139 cm³/mol. The highest BCUT2D eigenvalue weighted by molar-refractivity contribution is 5.83. The molecule has 1 aromatic heterocycles. The Kier molecular flexibility index (Phi) is 5.38. The molecule has 0 unspecified atom stereocenters. The maximum atomic E-state index is 2.45. The van der Waals surface area contributed by atoms with Gasteiger partial charge >= 0.3 is 0 Å². The lowest BCUT2D eigenvalue weighted by atomic mass is 10.00. The van der Waals surface area contributed by atoms with Gasteiger partial charge in [-0.3, -0.25) is 0 Å². The van der Waals surface area contributed by atoms with Crippen LogP contribution in [0.15, 0.2) is 91.0 Å². The first-order chi connectivity index (χ1) is 16.0. The zero-order valence-electron chi connectivity index (χ0n) is 20.1. The number of aryl methyl sites for hydroxylation is 3. The number of aromatic nitrogens is 2. The lowest BCUT2D eigenvalue weighted by molar-refractivity contribution is -0.556. The minimum atomic E-state index is 0.431. The predicted octanol–water partition coefficient (Wildman–Crippen LogP) is 7.53. The van der Waals surface area contributed by atoms with Gasteiger partial charge in [-0.1, -0.05) is 80.1 Å². The third-order valence-electron chi connectivity index (χ3n) is 6.68. The van der Waals surface area contributed by atoms with Crippen LogP contribution < -0.4 is 4.57 Å². The Morgan fingerprint density at radius 1 is 0.727 bits per heavy atom. The van der Waals surface area contributed by atoms with Crippen LogP contribution >= 0.6 is 0 Å². The van der Waals surface area contributed by atoms with Crippen LogP contribution in [0.25, 0.3) is 39.2 Å². The quantitative estimate of drug-likeness (QED) is 0.260. The van der Waals surface area contributed by atoms with Crippen molar-refractivity contribution in [3.05, 3.63) is 108 Å². The van der Waals surface area contributed by atoms with E-state index in [0.29, 0.717) is 5.92 Å². The molecule has 0 fully saturated rings. The summed E-state index contributed by atoms with van der Waals surface area (Å²) in [5.74, 6) is 1.64. The topological polar surface area (TPSA) is 8.81 Å². The molecule has 164 valence electrons. The Morgan fingerprint density at radius 3 is 2.12 bits per heavy atom. The van der Waals surface area contributed by atoms with Crippen LogP contribution in [0.4, 0.5) is 0 Å². The molecule has 0 saturated heterocycles. The van der Waals surface area contributed by atoms with Gasteiger partial charge in [0.1, 0.15) is 5.69 Å². The Hall–Kier alpha value is -3.65. The van der Waals surface area contributed by atoms with E-state index in [-0.39, 0.29) is 0 Å². The molecule has 0 aliphatic carbocycles. The molecule has 0 atom stereocenters. The van der Waals surface area contributed by atoms with Crippen molar-refractivity contribution in [2.45, 2.75) is 33.6 Å². The van der Waals surface area contributed by atoms with Crippen molar-refractivity contribution in [1.82, 2.24) is 4.57 Å². The van der Waals surface area contributed by atoms with Crippen LogP contribution in [-0.4, -0.2) is 4.57 Å². The van der Waals surface area contributed by atoms with E-state index in [4.69, 9.17) is 0 Å². The lowest BCUT2D eigenvalue weighted by Crippen LogP contribution is -2.34. The SMILES string of the molecule is Cc1ccc(-c2ccc3c(c2)n(C)c(-c2ccccc2C)[n+]3-c2ccccc2C(C)C)cc1. The van der Waals surface area contributed by atoms with E-state index in [9.17, 15) is 0 Å². The molecule has 0 radical (unpaired) electrons. The Balaban J connectivity index is 1.86. The monoisotopic (exact) mass is 431 g/mol. The molecule has 0 aliphatic rings. The summed E-state index contributed by atoms with van der Waals surface area (Å²) in [5, 5.41) is 0. The second-order valence-electron chi connectivity index (χ2n) is 9.32. The highest BCUT2D eigenvalue weighted by Gasteiger charge is 2.29. The average Bonchev–Trinajstić information content (AvgIpc) is 3.11. The summed E-state index contributed by atoms with van der Waals surface area (Å²) >= 11 is 0. The van der Waals surface area contributed by atoms with Gasteiger partial charge in [-0.2, -0.15) is 4.57 Å². The van der Waals surface area contributed by atoms with Gasteiger partial charge in [0.2, 0.25) is 0 Å². The summed E-state index contributed by atoms with van der Waals surface area (Å²) in [4.78, 5) is 0. The van der Waals surface area contributed by atoms with Gasteiger partial charge in [0, 0.05) is 5.56 Å². The molecule has 33 heavy (non-hydrogen) atoms. The number of nitrogens with zero attached hydrogens (tertiary/aromatic N) is 2. The largest absolute Gasteiger partial charge is 0.295 e. The normalized spacial score (nSPS) is 11.5. The zero-order chi connectivity index (χ0) is 23.1. The summed E-state index contributed by atoms with van der Waals surface area (Å²) in [6.07, 6.45) is 0. The Bertz CT molecular complexity index is 1450. The van der Waals surface area contributed by atoms with E-state index in [1.165, 1.54) is 55.9 Å². The van der Waals surface area contributed by atoms with Gasteiger partial charge in [0.25, 0.3) is 5.82 Å². The van der Waals surface area contributed by atoms with E-state index in [0.717, 1.165) is 0 Å². The van der Waals surface area contributed by atoms with Crippen LogP contribution in [0.3, 0.4) is 0 Å². The molecule has 5 rings (SSSR count). The van der Waals surface area contributed by atoms with E-state index in [1.54, 1.807) is 0 Å². The van der Waals surface area contributed by atoms with E-state index in [1.807, 2.05) is 0 Å². The molecule has 1 heterocycles. The first-order valence-electron chi connectivity index (χ1n) is 11.7. The molecule has 4 aromatic carbocycles. The number of hydrogen-bond acceptors (Lipinski definition) is 0. The van der Waals surface area contributed by atoms with Crippen molar-refractivity contribution in [2.75, 3.05) is 0 Å². The summed E-state index contributed by atoms with van der Waals surface area (Å²) in [6, 6.07) is 33.1. The van der Waals surface area contributed by atoms with Gasteiger partial charge in [-0.25, -0.2) is 4.57 Å². The summed E-state index contributed by atoms with van der Waals surface area (Å²) in [6.45, 7) is 8.87. The fraction of sp³-hybridized carbons (Fsp3) is 0.194. The van der Waals surface area contributed by atoms with Crippen molar-refractivity contribution in [3.63, 3.8) is 0 Å². The second kappa shape index (κ2) is 8.37. The van der Waals surface area contributed by atoms with Crippen LogP contribution in [0.1, 0.15) is 36.5 Å². The van der Waals surface area contributed by atoms with Gasteiger partial charge < -0.3 is 0 Å². The van der Waals surface area contributed by atoms with Crippen molar-refractivity contribution in [2.24, 2.45) is 7.05 Å². The number of imidazole rings is 1. The molecule has 0 saturated carbocycles. The third kappa shape index (κ3) is 3.66. The third-order valence-corrected chi connectivity index (χ3v) is 6.68. The Morgan fingerprint density at radius 2 is 1.39 bits per heavy atom. The summed E-state index contributed by atoms with van der Waals surface area (Å²) in [5.41, 5.74) is 11.4. The highest BCUT2D eigenvalue weighted by Crippen LogP contribution is 2.31. The first-order valence-corrected chi connectivity index (χ1v) is 11.7. The Labute approximate surface area is 196 Å². The van der Waals surface area contributed by atoms with E-state index >= 15 is 0 Å². The smallest absolute Gasteiger partial charge is 0.225 e. The minimum absolute atomic E-state index is 0.431. The lowest BCUT2D eigenvalue weighted by Gasteiger charge is -2.12. The molecule has 2 heteroatoms. The maximum absolute atomic E-state index is 2.45. The van der Waals surface area contributed by atoms with Crippen LogP contribution in [-0.2, 0) is 7.05 Å². The number of para-hydroxylation sites is 1. The number of benzene rings is 4. The van der Waals surface area contributed by atoms with Gasteiger partial charge in [0.15, 0.2) is 11.0 Å². The first kappa shape index (κ1) is 21.2. The fourth-order valence-electron chi connectivity index (χ4n) is 4.83. The van der Waals surface area contributed by atoms with E-state index < -0.39 is 0 Å². The van der Waals surface area contributed by atoms with E-state index in [2.05, 4.69) is 135 Å². The van der Waals surface area contributed by atoms with Crippen LogP contribution in [0.5, 0.6) is 0 Å². The number of hydrogen-bond donors (Lipinski definition) is 0. The number of rotatable bonds is 4. The van der Waals surface area contributed by atoms with Gasteiger partial charge in [-0.15, -0.1) is 0 Å². The average molecular weight is 432 g/mol. The molecule has 0 amide bonds. The molecule has 0 bridgehead atoms. The summed E-state index contributed by atoms with van der Waals surface area (Å²) < 4.78 is 4.80. The van der Waals surface area contributed by atoms with Gasteiger partial charge in [-0.05, 0) is 66.8 Å². The molecule has 0 aliphatic heterocycles. The standard InChI is InChI=1S/C31H31N2/c1-21(2)26-11-8-9-13-28(26)33-29-19-18-25(24-16-14-22(3)15-17-24)20-30(29)32(5)31(33)27-12-7-6-10-23(27)4/h6-21H,1-5H3/q+1. The molecule has 2 nitrogen and oxygen atoms in total. The molecule has 0 N–H and O–H groups in total. The molecular weight excluding hydrogens is 400 g/mol. The second-order valence-corrected chi connectivity index (χ2v) is 9.32. The fourth-order valence-corrected chi connectivity index (χ4v) is 4.83. The molecule has 5 aromatic rings.